The number of pyridine rings is 1. The normalized spacial score (nSPS) is 20.5. The van der Waals surface area contributed by atoms with Gasteiger partial charge >= 0.3 is 0 Å². The minimum atomic E-state index is 0.225. The van der Waals surface area contributed by atoms with E-state index in [9.17, 15) is 0 Å². The molecule has 0 N–H and O–H groups in total. The molecule has 0 amide bonds. The predicted octanol–water partition coefficient (Wildman–Crippen LogP) is 4.47. The fourth-order valence-corrected chi connectivity index (χ4v) is 3.66. The molecular weight excluding hydrogens is 293 g/mol. The Morgan fingerprint density at radius 2 is 1.90 bits per heavy atom. The molecule has 1 saturated carbocycles. The fraction of sp³-hybridized carbons (Fsp3) is 0.600. The summed E-state index contributed by atoms with van der Waals surface area (Å²) in [5, 5.41) is 0.619. The zero-order chi connectivity index (χ0) is 14.7. The van der Waals surface area contributed by atoms with Gasteiger partial charge in [0, 0.05) is 24.5 Å². The molecule has 0 saturated heterocycles. The molecule has 2 aromatic rings. The van der Waals surface area contributed by atoms with Gasteiger partial charge in [0.1, 0.15) is 11.3 Å². The first-order valence-corrected chi connectivity index (χ1v) is 7.80. The van der Waals surface area contributed by atoms with Gasteiger partial charge in [0.25, 0.3) is 0 Å². The molecule has 0 radical (unpaired) electrons. The van der Waals surface area contributed by atoms with Crippen LogP contribution in [0, 0.1) is 10.8 Å². The van der Waals surface area contributed by atoms with Crippen LogP contribution < -0.4 is 0 Å². The molecular formula is C15H19Cl2N3. The number of halogens is 2. The van der Waals surface area contributed by atoms with Gasteiger partial charge in [0.15, 0.2) is 5.65 Å². The summed E-state index contributed by atoms with van der Waals surface area (Å²) in [6.07, 6.45) is 2.44. The first-order chi connectivity index (χ1) is 9.30. The minimum Gasteiger partial charge on any atom is -0.308 e. The molecule has 0 unspecified atom stereocenters. The van der Waals surface area contributed by atoms with Gasteiger partial charge in [-0.15, -0.1) is 11.6 Å². The van der Waals surface area contributed by atoms with Gasteiger partial charge in [0.2, 0.25) is 0 Å². The summed E-state index contributed by atoms with van der Waals surface area (Å²) in [5.41, 5.74) is 2.22. The van der Waals surface area contributed by atoms with E-state index in [1.165, 1.54) is 0 Å². The Morgan fingerprint density at radius 1 is 1.25 bits per heavy atom. The number of aryl methyl sites for hydroxylation is 1. The van der Waals surface area contributed by atoms with Crippen LogP contribution in [0.15, 0.2) is 12.3 Å². The second-order valence-corrected chi connectivity index (χ2v) is 7.49. The van der Waals surface area contributed by atoms with E-state index < -0.39 is 0 Å². The topological polar surface area (TPSA) is 30.7 Å². The maximum atomic E-state index is 6.03. The van der Waals surface area contributed by atoms with Crippen LogP contribution in [0.5, 0.6) is 0 Å². The van der Waals surface area contributed by atoms with E-state index in [1.54, 1.807) is 6.20 Å². The third kappa shape index (κ3) is 1.79. The van der Waals surface area contributed by atoms with Crippen LogP contribution in [0.1, 0.15) is 39.6 Å². The zero-order valence-electron chi connectivity index (χ0n) is 12.2. The van der Waals surface area contributed by atoms with Crippen molar-refractivity contribution in [3.63, 3.8) is 0 Å². The summed E-state index contributed by atoms with van der Waals surface area (Å²) >= 11 is 12.0. The first-order valence-electron chi connectivity index (χ1n) is 6.89. The summed E-state index contributed by atoms with van der Waals surface area (Å²) in [4.78, 5) is 9.19. The third-order valence-electron chi connectivity index (χ3n) is 5.09. The molecule has 0 aliphatic heterocycles. The van der Waals surface area contributed by atoms with Crippen molar-refractivity contribution in [1.82, 2.24) is 14.5 Å². The zero-order valence-corrected chi connectivity index (χ0v) is 13.8. The minimum absolute atomic E-state index is 0.225. The quantitative estimate of drug-likeness (QED) is 0.783. The van der Waals surface area contributed by atoms with E-state index in [4.69, 9.17) is 23.2 Å². The summed E-state index contributed by atoms with van der Waals surface area (Å²) in [7, 11) is 0. The lowest BCUT2D eigenvalue weighted by Gasteiger charge is -2.10. The second kappa shape index (κ2) is 4.35. The van der Waals surface area contributed by atoms with Crippen LogP contribution in [0.2, 0.25) is 5.02 Å². The van der Waals surface area contributed by atoms with E-state index in [0.29, 0.717) is 16.9 Å². The maximum absolute atomic E-state index is 6.03. The molecule has 5 heteroatoms. The van der Waals surface area contributed by atoms with E-state index in [0.717, 1.165) is 23.4 Å². The van der Waals surface area contributed by atoms with Gasteiger partial charge in [-0.2, -0.15) is 0 Å². The highest BCUT2D eigenvalue weighted by molar-refractivity contribution is 6.31. The number of rotatable bonds is 3. The highest BCUT2D eigenvalue weighted by atomic mass is 35.5. The smallest absolute Gasteiger partial charge is 0.160 e. The predicted molar refractivity (Wildman–Crippen MR) is 83.6 cm³/mol. The number of alkyl halides is 1. The van der Waals surface area contributed by atoms with Gasteiger partial charge in [0.05, 0.1) is 5.02 Å². The van der Waals surface area contributed by atoms with Crippen LogP contribution in [0.4, 0.5) is 0 Å². The van der Waals surface area contributed by atoms with Crippen molar-refractivity contribution in [2.45, 2.75) is 40.2 Å². The summed E-state index contributed by atoms with van der Waals surface area (Å²) in [5.74, 6) is 1.57. The van der Waals surface area contributed by atoms with E-state index in [1.807, 2.05) is 6.07 Å². The Labute approximate surface area is 129 Å². The molecule has 0 spiro atoms. The molecule has 2 heterocycles. The number of fused-ring (bicyclic) bond motifs is 1. The summed E-state index contributed by atoms with van der Waals surface area (Å²) < 4.78 is 2.27. The maximum Gasteiger partial charge on any atom is 0.160 e. The number of hydrogen-bond acceptors (Lipinski definition) is 2. The number of hydrogen-bond donors (Lipinski definition) is 0. The molecule has 1 aliphatic rings. The van der Waals surface area contributed by atoms with Crippen molar-refractivity contribution < 1.29 is 0 Å². The lowest BCUT2D eigenvalue weighted by molar-refractivity contribution is 0.457. The molecule has 3 rings (SSSR count). The number of aromatic nitrogens is 3. The molecule has 2 aromatic heterocycles. The van der Waals surface area contributed by atoms with Crippen LogP contribution in [-0.2, 0) is 6.42 Å². The van der Waals surface area contributed by atoms with Crippen LogP contribution in [-0.4, -0.2) is 20.4 Å². The van der Waals surface area contributed by atoms with Gasteiger partial charge in [-0.3, -0.25) is 0 Å². The van der Waals surface area contributed by atoms with Crippen molar-refractivity contribution in [3.8, 4) is 0 Å². The van der Waals surface area contributed by atoms with E-state index >= 15 is 0 Å². The third-order valence-corrected chi connectivity index (χ3v) is 5.49. The Hall–Kier alpha value is -0.800. The number of nitrogens with zero attached hydrogens (tertiary/aromatic N) is 3. The average molecular weight is 312 g/mol. The Bertz CT molecular complexity index is 659. The molecule has 1 aliphatic carbocycles. The highest BCUT2D eigenvalue weighted by Crippen LogP contribution is 2.71. The van der Waals surface area contributed by atoms with Gasteiger partial charge in [-0.1, -0.05) is 39.3 Å². The standard InChI is InChI=1S/C15H19Cl2N3/c1-14(2)13(15(14,3)4)20-11(5-6-16)19-10-7-9(17)8-18-12(10)20/h7-8,13H,5-6H2,1-4H3. The summed E-state index contributed by atoms with van der Waals surface area (Å²) in [6, 6.07) is 2.27. The number of imidazole rings is 1. The van der Waals surface area contributed by atoms with Crippen molar-refractivity contribution in [3.05, 3.63) is 23.1 Å². The molecule has 20 heavy (non-hydrogen) atoms. The largest absolute Gasteiger partial charge is 0.308 e. The van der Waals surface area contributed by atoms with Gasteiger partial charge < -0.3 is 4.57 Å². The monoisotopic (exact) mass is 311 g/mol. The molecule has 1 fully saturated rings. The molecule has 0 bridgehead atoms. The lowest BCUT2D eigenvalue weighted by Crippen LogP contribution is -2.07. The summed E-state index contributed by atoms with van der Waals surface area (Å²) in [6.45, 7) is 9.18. The first kappa shape index (κ1) is 14.2. The van der Waals surface area contributed by atoms with E-state index in [2.05, 4.69) is 42.2 Å². The molecule has 0 atom stereocenters. The van der Waals surface area contributed by atoms with E-state index in [-0.39, 0.29) is 10.8 Å². The van der Waals surface area contributed by atoms with Crippen molar-refractivity contribution >= 4 is 34.4 Å². The lowest BCUT2D eigenvalue weighted by atomic mass is 10.0. The average Bonchev–Trinajstić information content (AvgIpc) is 2.64. The van der Waals surface area contributed by atoms with Gasteiger partial charge in [-0.05, 0) is 16.9 Å². The molecule has 3 nitrogen and oxygen atoms in total. The molecule has 0 aromatic carbocycles. The molecule has 108 valence electrons. The Kier molecular flexibility index (Phi) is 3.07. The second-order valence-electron chi connectivity index (χ2n) is 6.68. The van der Waals surface area contributed by atoms with Crippen LogP contribution in [0.25, 0.3) is 11.2 Å². The van der Waals surface area contributed by atoms with Crippen molar-refractivity contribution in [1.29, 1.82) is 0 Å². The Morgan fingerprint density at radius 3 is 2.45 bits per heavy atom. The van der Waals surface area contributed by atoms with Crippen molar-refractivity contribution in [2.75, 3.05) is 5.88 Å². The fourth-order valence-electron chi connectivity index (χ4n) is 3.34. The van der Waals surface area contributed by atoms with Gasteiger partial charge in [-0.25, -0.2) is 9.97 Å². The Balaban J connectivity index is 2.21. The van der Waals surface area contributed by atoms with Crippen LogP contribution >= 0.6 is 23.2 Å². The van der Waals surface area contributed by atoms with Crippen molar-refractivity contribution in [2.24, 2.45) is 10.8 Å². The SMILES string of the molecule is CC1(C)C(n2c(CCCl)nc3cc(Cl)cnc32)C1(C)C. The highest BCUT2D eigenvalue weighted by Gasteiger charge is 2.66. The van der Waals surface area contributed by atoms with Crippen LogP contribution in [0.3, 0.4) is 0 Å².